The predicted molar refractivity (Wildman–Crippen MR) is 123 cm³/mol. The summed E-state index contributed by atoms with van der Waals surface area (Å²) in [6.45, 7) is 10.7. The number of ketones is 2. The summed E-state index contributed by atoms with van der Waals surface area (Å²) in [4.78, 5) is 22.7. The molecule has 0 saturated heterocycles. The third-order valence-corrected chi connectivity index (χ3v) is 4.98. The van der Waals surface area contributed by atoms with Crippen LogP contribution in [-0.4, -0.2) is 11.6 Å². The second kappa shape index (κ2) is 10.4. The third-order valence-electron chi connectivity index (χ3n) is 4.76. The maximum Gasteiger partial charge on any atom is 0.160 e. The lowest BCUT2D eigenvalue weighted by molar-refractivity contribution is 0.100. The molecule has 0 aliphatic rings. The zero-order valence-electron chi connectivity index (χ0n) is 18.6. The van der Waals surface area contributed by atoms with E-state index in [1.165, 1.54) is 12.1 Å². The van der Waals surface area contributed by atoms with E-state index in [9.17, 15) is 14.0 Å². The maximum atomic E-state index is 12.8. The van der Waals surface area contributed by atoms with Crippen LogP contribution in [0, 0.1) is 33.5 Å². The van der Waals surface area contributed by atoms with Crippen molar-refractivity contribution >= 4 is 23.2 Å². The molecule has 0 atom stereocenters. The summed E-state index contributed by atoms with van der Waals surface area (Å²) in [6, 6.07) is 13.1. The Morgan fingerprint density at radius 1 is 0.710 bits per heavy atom. The average Bonchev–Trinajstić information content (AvgIpc) is 2.62. The minimum atomic E-state index is -0.299. The van der Waals surface area contributed by atoms with E-state index in [-0.39, 0.29) is 17.4 Å². The Morgan fingerprint density at radius 2 is 1.10 bits per heavy atom. The minimum Gasteiger partial charge on any atom is -0.457 e. The molecule has 0 bridgehead atoms. The van der Waals surface area contributed by atoms with Crippen LogP contribution in [0.2, 0.25) is 5.02 Å². The fourth-order valence-electron chi connectivity index (χ4n) is 3.64. The van der Waals surface area contributed by atoms with E-state index in [1.54, 1.807) is 26.0 Å². The lowest BCUT2D eigenvalue weighted by Gasteiger charge is -2.11. The Kier molecular flexibility index (Phi) is 8.12. The Bertz CT molecular complexity index is 1070. The first-order valence-corrected chi connectivity index (χ1v) is 10.2. The van der Waals surface area contributed by atoms with Gasteiger partial charge >= 0.3 is 0 Å². The number of aryl methyl sites for hydroxylation is 4. The van der Waals surface area contributed by atoms with E-state index in [2.05, 4.69) is 0 Å². The van der Waals surface area contributed by atoms with Gasteiger partial charge in [0, 0.05) is 16.1 Å². The Balaban J connectivity index is 0.000000245. The van der Waals surface area contributed by atoms with Gasteiger partial charge in [0.1, 0.15) is 17.3 Å². The van der Waals surface area contributed by atoms with Crippen LogP contribution in [0.1, 0.15) is 56.8 Å². The smallest absolute Gasteiger partial charge is 0.160 e. The molecule has 0 aliphatic carbocycles. The first kappa shape index (κ1) is 24.3. The van der Waals surface area contributed by atoms with Crippen molar-refractivity contribution in [3.05, 3.63) is 92.8 Å². The molecule has 5 heteroatoms. The van der Waals surface area contributed by atoms with E-state index in [1.807, 2.05) is 52.0 Å². The fraction of sp³-hybridized carbons (Fsp3) is 0.231. The molecule has 0 N–H and O–H groups in total. The van der Waals surface area contributed by atoms with Crippen LogP contribution in [0.5, 0.6) is 11.5 Å². The Morgan fingerprint density at radius 3 is 1.48 bits per heavy atom. The third kappa shape index (κ3) is 6.50. The molecular formula is C26H26ClFO3. The normalized spacial score (nSPS) is 10.2. The highest BCUT2D eigenvalue weighted by Gasteiger charge is 2.10. The van der Waals surface area contributed by atoms with Gasteiger partial charge in [0.25, 0.3) is 0 Å². The standard InChI is InChI=1S/C16H15FO2.C10H11ClO/c1-10-8-15(9-11(2)16(10)12(3)18)19-14-6-4-13(17)5-7-14;1-6-4-9(11)5-7(2)10(6)8(3)12/h4-9H,1-3H3;4-5H,1-3H3. The number of rotatable bonds is 4. The summed E-state index contributed by atoms with van der Waals surface area (Å²) in [6.07, 6.45) is 0. The minimum absolute atomic E-state index is 0.0448. The number of carbonyl (C=O) groups excluding carboxylic acids is 2. The molecule has 0 radical (unpaired) electrons. The average molecular weight is 441 g/mol. The summed E-state index contributed by atoms with van der Waals surface area (Å²) in [5.41, 5.74) is 5.18. The summed E-state index contributed by atoms with van der Waals surface area (Å²) in [7, 11) is 0. The molecule has 3 nitrogen and oxygen atoms in total. The van der Waals surface area contributed by atoms with E-state index in [0.29, 0.717) is 16.5 Å². The Labute approximate surface area is 187 Å². The molecule has 0 amide bonds. The van der Waals surface area contributed by atoms with Crippen LogP contribution in [0.4, 0.5) is 4.39 Å². The molecule has 0 aliphatic heterocycles. The van der Waals surface area contributed by atoms with Gasteiger partial charge < -0.3 is 4.74 Å². The van der Waals surface area contributed by atoms with Gasteiger partial charge in [-0.15, -0.1) is 0 Å². The molecule has 0 aromatic heterocycles. The van der Waals surface area contributed by atoms with Crippen molar-refractivity contribution in [2.24, 2.45) is 0 Å². The number of carbonyl (C=O) groups is 2. The SMILES string of the molecule is CC(=O)c1c(C)cc(Cl)cc1C.CC(=O)c1c(C)cc(Oc2ccc(F)cc2)cc1C. The number of Topliss-reactive ketones (excluding diaryl/α,β-unsaturated/α-hetero) is 2. The van der Waals surface area contributed by atoms with E-state index < -0.39 is 0 Å². The molecule has 162 valence electrons. The first-order valence-electron chi connectivity index (χ1n) is 9.83. The predicted octanol–water partition coefficient (Wildman–Crippen LogP) is 7.60. The van der Waals surface area contributed by atoms with Crippen molar-refractivity contribution in [2.75, 3.05) is 0 Å². The number of benzene rings is 3. The monoisotopic (exact) mass is 440 g/mol. The molecule has 0 fully saturated rings. The summed E-state index contributed by atoms with van der Waals surface area (Å²) in [5, 5.41) is 0.690. The second-order valence-electron chi connectivity index (χ2n) is 7.52. The second-order valence-corrected chi connectivity index (χ2v) is 7.95. The van der Waals surface area contributed by atoms with Crippen LogP contribution in [0.3, 0.4) is 0 Å². The first-order chi connectivity index (χ1) is 14.5. The lowest BCUT2D eigenvalue weighted by Crippen LogP contribution is -2.00. The van der Waals surface area contributed by atoms with Gasteiger partial charge in [0.2, 0.25) is 0 Å². The van der Waals surface area contributed by atoms with Crippen molar-refractivity contribution in [1.82, 2.24) is 0 Å². The van der Waals surface area contributed by atoms with Gasteiger partial charge in [-0.1, -0.05) is 11.6 Å². The topological polar surface area (TPSA) is 43.4 Å². The maximum absolute atomic E-state index is 12.8. The van der Waals surface area contributed by atoms with Gasteiger partial charge in [0.05, 0.1) is 0 Å². The highest BCUT2D eigenvalue weighted by atomic mass is 35.5. The van der Waals surface area contributed by atoms with E-state index in [4.69, 9.17) is 16.3 Å². The zero-order valence-corrected chi connectivity index (χ0v) is 19.4. The summed E-state index contributed by atoms with van der Waals surface area (Å²) >= 11 is 5.82. The zero-order chi connectivity index (χ0) is 23.3. The van der Waals surface area contributed by atoms with E-state index in [0.717, 1.165) is 33.4 Å². The van der Waals surface area contributed by atoms with Crippen molar-refractivity contribution < 1.29 is 18.7 Å². The molecule has 0 unspecified atom stereocenters. The highest BCUT2D eigenvalue weighted by molar-refractivity contribution is 6.30. The van der Waals surface area contributed by atoms with Gasteiger partial charge in [-0.25, -0.2) is 4.39 Å². The fourth-order valence-corrected chi connectivity index (χ4v) is 3.97. The summed E-state index contributed by atoms with van der Waals surface area (Å²) < 4.78 is 18.5. The van der Waals surface area contributed by atoms with Crippen molar-refractivity contribution in [3.63, 3.8) is 0 Å². The van der Waals surface area contributed by atoms with Crippen LogP contribution in [-0.2, 0) is 0 Å². The molecule has 3 rings (SSSR count). The van der Waals surface area contributed by atoms with Crippen LogP contribution >= 0.6 is 11.6 Å². The molecular weight excluding hydrogens is 415 g/mol. The summed E-state index contributed by atoms with van der Waals surface area (Å²) in [5.74, 6) is 1.05. The Hall–Kier alpha value is -2.98. The van der Waals surface area contributed by atoms with Crippen LogP contribution in [0.15, 0.2) is 48.5 Å². The van der Waals surface area contributed by atoms with Gasteiger partial charge in [-0.2, -0.15) is 0 Å². The molecule has 0 saturated carbocycles. The van der Waals surface area contributed by atoms with Crippen LogP contribution in [0.25, 0.3) is 0 Å². The van der Waals surface area contributed by atoms with Gasteiger partial charge in [-0.05, 0) is 112 Å². The van der Waals surface area contributed by atoms with Crippen LogP contribution < -0.4 is 4.74 Å². The molecule has 3 aromatic carbocycles. The molecule has 0 spiro atoms. The van der Waals surface area contributed by atoms with Crippen molar-refractivity contribution in [2.45, 2.75) is 41.5 Å². The number of halogens is 2. The quantitative estimate of drug-likeness (QED) is 0.392. The van der Waals surface area contributed by atoms with Crippen molar-refractivity contribution in [3.8, 4) is 11.5 Å². The highest BCUT2D eigenvalue weighted by Crippen LogP contribution is 2.27. The molecule has 31 heavy (non-hydrogen) atoms. The number of hydrogen-bond acceptors (Lipinski definition) is 3. The van der Waals surface area contributed by atoms with Crippen molar-refractivity contribution in [1.29, 1.82) is 0 Å². The molecule has 0 heterocycles. The number of hydrogen-bond donors (Lipinski definition) is 0. The number of ether oxygens (including phenoxy) is 1. The lowest BCUT2D eigenvalue weighted by atomic mass is 9.99. The largest absolute Gasteiger partial charge is 0.457 e. The molecule has 3 aromatic rings. The van der Waals surface area contributed by atoms with Gasteiger partial charge in [-0.3, -0.25) is 9.59 Å². The van der Waals surface area contributed by atoms with E-state index >= 15 is 0 Å². The van der Waals surface area contributed by atoms with Gasteiger partial charge in [0.15, 0.2) is 11.6 Å².